The third-order valence-electron chi connectivity index (χ3n) is 3.86. The molecule has 0 spiro atoms. The van der Waals surface area contributed by atoms with Crippen molar-refractivity contribution in [1.82, 2.24) is 19.4 Å². The van der Waals surface area contributed by atoms with E-state index in [0.29, 0.717) is 11.6 Å². The van der Waals surface area contributed by atoms with Crippen LogP contribution >= 0.6 is 0 Å². The Morgan fingerprint density at radius 1 is 1.40 bits per heavy atom. The summed E-state index contributed by atoms with van der Waals surface area (Å²) in [5.41, 5.74) is 1.90. The highest BCUT2D eigenvalue weighted by molar-refractivity contribution is 5.92. The predicted molar refractivity (Wildman–Crippen MR) is 75.2 cm³/mol. The summed E-state index contributed by atoms with van der Waals surface area (Å²) in [6, 6.07) is 4.06. The molecule has 1 aliphatic heterocycles. The maximum absolute atomic E-state index is 12.4. The van der Waals surface area contributed by atoms with Gasteiger partial charge in [0.25, 0.3) is 5.91 Å². The van der Waals surface area contributed by atoms with Crippen LogP contribution in [-0.2, 0) is 13.5 Å². The van der Waals surface area contributed by atoms with Gasteiger partial charge in [0, 0.05) is 32.5 Å². The lowest BCUT2D eigenvalue weighted by Gasteiger charge is -2.16. The van der Waals surface area contributed by atoms with Gasteiger partial charge in [0.15, 0.2) is 0 Å². The first-order chi connectivity index (χ1) is 9.74. The molecule has 2 aromatic rings. The van der Waals surface area contributed by atoms with Crippen LogP contribution < -0.4 is 0 Å². The molecule has 2 aromatic heterocycles. The zero-order valence-corrected chi connectivity index (χ0v) is 11.6. The van der Waals surface area contributed by atoms with Crippen molar-refractivity contribution in [1.29, 1.82) is 0 Å². The molecule has 1 unspecified atom stereocenters. The Bertz CT molecular complexity index is 593. The lowest BCUT2D eigenvalue weighted by atomic mass is 10.0. The monoisotopic (exact) mass is 270 g/mol. The quantitative estimate of drug-likeness (QED) is 0.849. The Kier molecular flexibility index (Phi) is 3.50. The zero-order chi connectivity index (χ0) is 13.9. The summed E-state index contributed by atoms with van der Waals surface area (Å²) in [6.45, 7) is 1.65. The second-order valence-corrected chi connectivity index (χ2v) is 5.36. The van der Waals surface area contributed by atoms with Gasteiger partial charge in [-0.3, -0.25) is 9.78 Å². The highest BCUT2D eigenvalue weighted by atomic mass is 16.2. The van der Waals surface area contributed by atoms with Gasteiger partial charge in [0.1, 0.15) is 5.69 Å². The molecular formula is C15H18N4O. The fraction of sp³-hybridized carbons (Fsp3) is 0.400. The number of hydrogen-bond acceptors (Lipinski definition) is 3. The van der Waals surface area contributed by atoms with Gasteiger partial charge in [-0.2, -0.15) is 0 Å². The molecule has 0 aliphatic carbocycles. The highest BCUT2D eigenvalue weighted by Crippen LogP contribution is 2.22. The summed E-state index contributed by atoms with van der Waals surface area (Å²) < 4.78 is 1.77. The van der Waals surface area contributed by atoms with Gasteiger partial charge in [0.2, 0.25) is 0 Å². The first kappa shape index (κ1) is 12.8. The topological polar surface area (TPSA) is 51.0 Å². The molecule has 0 N–H and O–H groups in total. The summed E-state index contributed by atoms with van der Waals surface area (Å²) in [4.78, 5) is 22.5. The molecule has 5 nitrogen and oxygen atoms in total. The SMILES string of the molecule is Cn1cncc1C(=O)N1CCC(Cc2cccnc2)C1. The number of carbonyl (C=O) groups excluding carboxylic acids is 1. The second-order valence-electron chi connectivity index (χ2n) is 5.36. The minimum absolute atomic E-state index is 0.0821. The molecule has 3 heterocycles. The summed E-state index contributed by atoms with van der Waals surface area (Å²) >= 11 is 0. The van der Waals surface area contributed by atoms with Crippen LogP contribution in [0.15, 0.2) is 37.1 Å². The Labute approximate surface area is 118 Å². The van der Waals surface area contributed by atoms with Crippen molar-refractivity contribution in [2.75, 3.05) is 13.1 Å². The van der Waals surface area contributed by atoms with Crippen LogP contribution in [0.3, 0.4) is 0 Å². The van der Waals surface area contributed by atoms with Crippen molar-refractivity contribution in [3.8, 4) is 0 Å². The lowest BCUT2D eigenvalue weighted by Crippen LogP contribution is -2.30. The number of likely N-dealkylation sites (tertiary alicyclic amines) is 1. The Balaban J connectivity index is 1.62. The van der Waals surface area contributed by atoms with Crippen molar-refractivity contribution in [2.24, 2.45) is 13.0 Å². The molecule has 1 saturated heterocycles. The molecule has 1 atom stereocenters. The van der Waals surface area contributed by atoms with Gasteiger partial charge in [-0.05, 0) is 30.4 Å². The smallest absolute Gasteiger partial charge is 0.272 e. The molecule has 0 bridgehead atoms. The third-order valence-corrected chi connectivity index (χ3v) is 3.86. The molecule has 20 heavy (non-hydrogen) atoms. The highest BCUT2D eigenvalue weighted by Gasteiger charge is 2.28. The largest absolute Gasteiger partial charge is 0.337 e. The molecule has 1 fully saturated rings. The maximum Gasteiger partial charge on any atom is 0.272 e. The molecule has 0 radical (unpaired) electrons. The first-order valence-electron chi connectivity index (χ1n) is 6.88. The number of pyridine rings is 1. The number of nitrogens with zero attached hydrogens (tertiary/aromatic N) is 4. The molecule has 5 heteroatoms. The van der Waals surface area contributed by atoms with Crippen LogP contribution in [0, 0.1) is 5.92 Å². The average Bonchev–Trinajstić information content (AvgIpc) is 3.08. The van der Waals surface area contributed by atoms with Gasteiger partial charge in [-0.15, -0.1) is 0 Å². The van der Waals surface area contributed by atoms with E-state index in [1.54, 1.807) is 23.3 Å². The molecule has 1 aliphatic rings. The van der Waals surface area contributed by atoms with E-state index < -0.39 is 0 Å². The van der Waals surface area contributed by atoms with Crippen LogP contribution in [0.25, 0.3) is 0 Å². The minimum Gasteiger partial charge on any atom is -0.337 e. The first-order valence-corrected chi connectivity index (χ1v) is 6.88. The van der Waals surface area contributed by atoms with Crippen LogP contribution in [0.2, 0.25) is 0 Å². The Morgan fingerprint density at radius 2 is 2.30 bits per heavy atom. The van der Waals surface area contributed by atoms with Crippen LogP contribution in [-0.4, -0.2) is 38.4 Å². The minimum atomic E-state index is 0.0821. The van der Waals surface area contributed by atoms with E-state index in [-0.39, 0.29) is 5.91 Å². The van der Waals surface area contributed by atoms with Gasteiger partial charge in [-0.1, -0.05) is 6.07 Å². The normalized spacial score (nSPS) is 18.4. The van der Waals surface area contributed by atoms with Crippen molar-refractivity contribution in [2.45, 2.75) is 12.8 Å². The molecular weight excluding hydrogens is 252 g/mol. The summed E-state index contributed by atoms with van der Waals surface area (Å²) in [6.07, 6.45) is 9.04. The Morgan fingerprint density at radius 3 is 3.00 bits per heavy atom. The van der Waals surface area contributed by atoms with Crippen LogP contribution in [0.5, 0.6) is 0 Å². The number of aryl methyl sites for hydroxylation is 1. The number of rotatable bonds is 3. The summed E-state index contributed by atoms with van der Waals surface area (Å²) in [5.74, 6) is 0.607. The van der Waals surface area contributed by atoms with E-state index in [2.05, 4.69) is 16.0 Å². The van der Waals surface area contributed by atoms with E-state index in [1.165, 1.54) is 5.56 Å². The van der Waals surface area contributed by atoms with Gasteiger partial charge in [0.05, 0.1) is 12.5 Å². The van der Waals surface area contributed by atoms with Crippen molar-refractivity contribution in [3.63, 3.8) is 0 Å². The summed E-state index contributed by atoms with van der Waals surface area (Å²) in [5, 5.41) is 0. The molecule has 3 rings (SSSR count). The molecule has 0 aromatic carbocycles. The van der Waals surface area contributed by atoms with E-state index in [1.807, 2.05) is 24.2 Å². The van der Waals surface area contributed by atoms with Crippen molar-refractivity contribution >= 4 is 5.91 Å². The van der Waals surface area contributed by atoms with Gasteiger partial charge >= 0.3 is 0 Å². The predicted octanol–water partition coefficient (Wildman–Crippen LogP) is 1.52. The molecule has 104 valence electrons. The van der Waals surface area contributed by atoms with Gasteiger partial charge in [-0.25, -0.2) is 4.98 Å². The van der Waals surface area contributed by atoms with Crippen molar-refractivity contribution < 1.29 is 4.79 Å². The van der Waals surface area contributed by atoms with Gasteiger partial charge < -0.3 is 9.47 Å². The second kappa shape index (κ2) is 5.45. The number of imidazole rings is 1. The zero-order valence-electron chi connectivity index (χ0n) is 11.6. The molecule has 0 saturated carbocycles. The molecule has 1 amide bonds. The fourth-order valence-electron chi connectivity index (χ4n) is 2.76. The van der Waals surface area contributed by atoms with Crippen LogP contribution in [0.1, 0.15) is 22.5 Å². The van der Waals surface area contributed by atoms with Crippen LogP contribution in [0.4, 0.5) is 0 Å². The third kappa shape index (κ3) is 2.57. The van der Waals surface area contributed by atoms with E-state index in [4.69, 9.17) is 0 Å². The fourth-order valence-corrected chi connectivity index (χ4v) is 2.76. The number of aromatic nitrogens is 3. The van der Waals surface area contributed by atoms with Crippen molar-refractivity contribution in [3.05, 3.63) is 48.3 Å². The maximum atomic E-state index is 12.4. The average molecular weight is 270 g/mol. The lowest BCUT2D eigenvalue weighted by molar-refractivity contribution is 0.0777. The number of hydrogen-bond donors (Lipinski definition) is 0. The number of amides is 1. The number of carbonyl (C=O) groups is 1. The summed E-state index contributed by atoms with van der Waals surface area (Å²) in [7, 11) is 1.85. The Hall–Kier alpha value is -2.17. The van der Waals surface area contributed by atoms with E-state index in [9.17, 15) is 4.79 Å². The van der Waals surface area contributed by atoms with E-state index >= 15 is 0 Å². The standard InChI is InChI=1S/C15H18N4O/c1-18-11-17-9-14(18)15(20)19-6-4-13(10-19)7-12-3-2-5-16-8-12/h2-3,5,8-9,11,13H,4,6-7,10H2,1H3. The van der Waals surface area contributed by atoms with E-state index in [0.717, 1.165) is 25.9 Å².